The number of morpholine rings is 1. The number of rotatable bonds is 6. The molecule has 1 N–H and O–H groups in total. The van der Waals surface area contributed by atoms with E-state index in [-0.39, 0.29) is 24.4 Å². The molecule has 0 radical (unpaired) electrons. The molecule has 8 heteroatoms. The summed E-state index contributed by atoms with van der Waals surface area (Å²) in [6.45, 7) is 4.05. The smallest absolute Gasteiger partial charge is 0.261 e. The Morgan fingerprint density at radius 3 is 2.67 bits per heavy atom. The number of aryl methyl sites for hydroxylation is 1. The molecule has 3 aromatic rings. The van der Waals surface area contributed by atoms with Gasteiger partial charge in [0, 0.05) is 42.8 Å². The van der Waals surface area contributed by atoms with Crippen molar-refractivity contribution >= 4 is 38.4 Å². The fraction of sp³-hybridized carbons (Fsp3) is 0.318. The number of amides is 1. The lowest BCUT2D eigenvalue weighted by atomic mass is 10.2. The van der Waals surface area contributed by atoms with Crippen LogP contribution >= 0.6 is 15.9 Å². The summed E-state index contributed by atoms with van der Waals surface area (Å²) in [4.78, 5) is 31.4. The highest BCUT2D eigenvalue weighted by atomic mass is 79.9. The number of benzene rings is 2. The molecular formula is C22H23BrN4O3. The molecule has 1 amide bonds. The van der Waals surface area contributed by atoms with E-state index in [2.05, 4.69) is 43.3 Å². The third-order valence-corrected chi connectivity index (χ3v) is 5.66. The van der Waals surface area contributed by atoms with Gasteiger partial charge in [-0.1, -0.05) is 28.1 Å². The topological polar surface area (TPSA) is 76.5 Å². The molecule has 30 heavy (non-hydrogen) atoms. The van der Waals surface area contributed by atoms with Gasteiger partial charge in [-0.15, -0.1) is 0 Å². The van der Waals surface area contributed by atoms with Crippen LogP contribution in [0.4, 0.5) is 5.69 Å². The maximum Gasteiger partial charge on any atom is 0.261 e. The summed E-state index contributed by atoms with van der Waals surface area (Å²) in [5.74, 6) is -0.103. The average molecular weight is 471 g/mol. The summed E-state index contributed by atoms with van der Waals surface area (Å²) < 4.78 is 7.68. The van der Waals surface area contributed by atoms with E-state index in [9.17, 15) is 9.59 Å². The summed E-state index contributed by atoms with van der Waals surface area (Å²) in [6.07, 6.45) is 1.71. The number of anilines is 1. The normalized spacial score (nSPS) is 14.1. The molecule has 2 aromatic carbocycles. The van der Waals surface area contributed by atoms with Gasteiger partial charge in [0.15, 0.2) is 0 Å². The number of nitrogens with zero attached hydrogens (tertiary/aromatic N) is 3. The molecule has 1 aliphatic heterocycles. The molecule has 4 rings (SSSR count). The highest BCUT2D eigenvalue weighted by molar-refractivity contribution is 9.10. The lowest BCUT2D eigenvalue weighted by Gasteiger charge is -2.28. The number of hydrogen-bond acceptors (Lipinski definition) is 5. The van der Waals surface area contributed by atoms with Gasteiger partial charge in [0.25, 0.3) is 5.56 Å². The van der Waals surface area contributed by atoms with E-state index in [4.69, 9.17) is 4.74 Å². The molecule has 0 saturated carbocycles. The Morgan fingerprint density at radius 1 is 1.13 bits per heavy atom. The molecule has 0 bridgehead atoms. The van der Waals surface area contributed by atoms with E-state index in [0.717, 1.165) is 36.3 Å². The van der Waals surface area contributed by atoms with Crippen molar-refractivity contribution in [1.29, 1.82) is 0 Å². The number of hydrogen-bond donors (Lipinski definition) is 1. The van der Waals surface area contributed by atoms with Crippen LogP contribution in [0, 0.1) is 0 Å². The van der Waals surface area contributed by atoms with E-state index >= 15 is 0 Å². The van der Waals surface area contributed by atoms with Gasteiger partial charge >= 0.3 is 0 Å². The Hall–Kier alpha value is -2.71. The minimum Gasteiger partial charge on any atom is -0.378 e. The van der Waals surface area contributed by atoms with Crippen LogP contribution in [0.25, 0.3) is 10.9 Å². The van der Waals surface area contributed by atoms with Crippen LogP contribution < -0.4 is 15.8 Å². The minimum absolute atomic E-state index is 0.103. The van der Waals surface area contributed by atoms with Gasteiger partial charge in [-0.05, 0) is 35.9 Å². The van der Waals surface area contributed by atoms with E-state index in [0.29, 0.717) is 17.4 Å². The molecule has 7 nitrogen and oxygen atoms in total. The second kappa shape index (κ2) is 9.40. The summed E-state index contributed by atoms with van der Waals surface area (Å²) in [5.41, 5.74) is 2.70. The number of carbonyl (C=O) groups excluding carboxylic acids is 1. The SMILES string of the molecule is O=C(CCn1cnc2ccc(Br)cc2c1=O)NCc1ccc(N2CCOCC2)cc1. The first-order valence-electron chi connectivity index (χ1n) is 9.93. The van der Waals surface area contributed by atoms with E-state index in [1.54, 1.807) is 12.1 Å². The van der Waals surface area contributed by atoms with Gasteiger partial charge in [-0.3, -0.25) is 14.2 Å². The standard InChI is InChI=1S/C22H23BrN4O3/c23-17-3-6-20-19(13-17)22(29)27(15-25-20)8-7-21(28)24-14-16-1-4-18(5-2-16)26-9-11-30-12-10-26/h1-6,13,15H,7-12,14H2,(H,24,28). The average Bonchev–Trinajstić information content (AvgIpc) is 2.78. The zero-order chi connectivity index (χ0) is 20.9. The van der Waals surface area contributed by atoms with Crippen LogP contribution in [-0.4, -0.2) is 41.8 Å². The molecule has 0 atom stereocenters. The van der Waals surface area contributed by atoms with Gasteiger partial charge < -0.3 is 15.0 Å². The summed E-state index contributed by atoms with van der Waals surface area (Å²) in [5, 5.41) is 3.45. The number of aromatic nitrogens is 2. The lowest BCUT2D eigenvalue weighted by Crippen LogP contribution is -2.36. The van der Waals surface area contributed by atoms with Gasteiger partial charge in [-0.2, -0.15) is 0 Å². The Kier molecular flexibility index (Phi) is 6.44. The quantitative estimate of drug-likeness (QED) is 0.599. The van der Waals surface area contributed by atoms with E-state index in [1.807, 2.05) is 18.2 Å². The molecule has 0 spiro atoms. The fourth-order valence-corrected chi connectivity index (χ4v) is 3.81. The van der Waals surface area contributed by atoms with E-state index in [1.165, 1.54) is 16.6 Å². The second-order valence-electron chi connectivity index (χ2n) is 7.20. The van der Waals surface area contributed by atoms with E-state index < -0.39 is 0 Å². The van der Waals surface area contributed by atoms with Crippen molar-refractivity contribution in [1.82, 2.24) is 14.9 Å². The van der Waals surface area contributed by atoms with Gasteiger partial charge in [0.2, 0.25) is 5.91 Å². The summed E-state index contributed by atoms with van der Waals surface area (Å²) in [7, 11) is 0. The maximum absolute atomic E-state index is 12.6. The Bertz CT molecular complexity index is 1090. The fourth-order valence-electron chi connectivity index (χ4n) is 3.45. The number of ether oxygens (including phenoxy) is 1. The molecule has 1 aromatic heterocycles. The van der Waals surface area contributed by atoms with Crippen LogP contribution in [0.5, 0.6) is 0 Å². The number of halogens is 1. The molecule has 0 unspecified atom stereocenters. The molecule has 1 fully saturated rings. The third kappa shape index (κ3) is 4.88. The molecule has 1 aliphatic rings. The zero-order valence-electron chi connectivity index (χ0n) is 16.5. The van der Waals surface area contributed by atoms with Crippen LogP contribution in [0.15, 0.2) is 58.1 Å². The van der Waals surface area contributed by atoms with Crippen molar-refractivity contribution in [2.24, 2.45) is 0 Å². The summed E-state index contributed by atoms with van der Waals surface area (Å²) >= 11 is 3.37. The van der Waals surface area contributed by atoms with Crippen molar-refractivity contribution in [3.8, 4) is 0 Å². The molecular weight excluding hydrogens is 448 g/mol. The first-order valence-corrected chi connectivity index (χ1v) is 10.7. The lowest BCUT2D eigenvalue weighted by molar-refractivity contribution is -0.121. The predicted octanol–water partition coefficient (Wildman–Crippen LogP) is 2.70. The molecule has 156 valence electrons. The van der Waals surface area contributed by atoms with Crippen molar-refractivity contribution < 1.29 is 9.53 Å². The van der Waals surface area contributed by atoms with Crippen molar-refractivity contribution in [2.45, 2.75) is 19.5 Å². The van der Waals surface area contributed by atoms with Crippen molar-refractivity contribution in [3.05, 3.63) is 69.2 Å². The van der Waals surface area contributed by atoms with Gasteiger partial charge in [0.05, 0.1) is 30.4 Å². The third-order valence-electron chi connectivity index (χ3n) is 5.17. The van der Waals surface area contributed by atoms with Crippen LogP contribution in [-0.2, 0) is 22.6 Å². The van der Waals surface area contributed by atoms with Crippen LogP contribution in [0.3, 0.4) is 0 Å². The van der Waals surface area contributed by atoms with Crippen molar-refractivity contribution in [3.63, 3.8) is 0 Å². The zero-order valence-corrected chi connectivity index (χ0v) is 18.1. The van der Waals surface area contributed by atoms with Crippen LogP contribution in [0.1, 0.15) is 12.0 Å². The Morgan fingerprint density at radius 2 is 1.90 bits per heavy atom. The highest BCUT2D eigenvalue weighted by Crippen LogP contribution is 2.17. The first-order chi connectivity index (χ1) is 14.6. The van der Waals surface area contributed by atoms with Gasteiger partial charge in [-0.25, -0.2) is 4.98 Å². The number of carbonyl (C=O) groups is 1. The largest absolute Gasteiger partial charge is 0.378 e. The van der Waals surface area contributed by atoms with Crippen molar-refractivity contribution in [2.75, 3.05) is 31.2 Å². The van der Waals surface area contributed by atoms with Gasteiger partial charge in [0.1, 0.15) is 0 Å². The monoisotopic (exact) mass is 470 g/mol. The summed E-state index contributed by atoms with van der Waals surface area (Å²) in [6, 6.07) is 13.6. The molecule has 1 saturated heterocycles. The predicted molar refractivity (Wildman–Crippen MR) is 120 cm³/mol. The number of nitrogens with one attached hydrogen (secondary N) is 1. The Labute approximate surface area is 182 Å². The Balaban J connectivity index is 1.30. The molecule has 2 heterocycles. The first kappa shape index (κ1) is 20.6. The molecule has 0 aliphatic carbocycles. The minimum atomic E-state index is -0.146. The number of fused-ring (bicyclic) bond motifs is 1. The van der Waals surface area contributed by atoms with Crippen LogP contribution in [0.2, 0.25) is 0 Å². The highest BCUT2D eigenvalue weighted by Gasteiger charge is 2.11. The second-order valence-corrected chi connectivity index (χ2v) is 8.11. The maximum atomic E-state index is 12.6.